The molecular weight excluding hydrogens is 229 g/mol. The van der Waals surface area contributed by atoms with Crippen molar-refractivity contribution in [3.05, 3.63) is 0 Å². The molecule has 0 aliphatic carbocycles. The van der Waals surface area contributed by atoms with Gasteiger partial charge < -0.3 is 10.2 Å². The normalized spacial score (nSPS) is 19.2. The molecule has 1 fully saturated rings. The van der Waals surface area contributed by atoms with Gasteiger partial charge in [0.05, 0.1) is 6.42 Å². The summed E-state index contributed by atoms with van der Waals surface area (Å²) in [4.78, 5) is 1.96. The third-order valence-corrected chi connectivity index (χ3v) is 3.36. The van der Waals surface area contributed by atoms with Gasteiger partial charge in [-0.05, 0) is 45.7 Å². The van der Waals surface area contributed by atoms with E-state index >= 15 is 0 Å². The highest BCUT2D eigenvalue weighted by Gasteiger charge is 2.29. The first-order chi connectivity index (χ1) is 7.88. The molecule has 0 aromatic rings. The fourth-order valence-corrected chi connectivity index (χ4v) is 2.23. The lowest BCUT2D eigenvalue weighted by atomic mass is 9.97. The molecule has 2 nitrogen and oxygen atoms in total. The number of halogens is 3. The van der Waals surface area contributed by atoms with Crippen molar-refractivity contribution in [3.63, 3.8) is 0 Å². The lowest BCUT2D eigenvalue weighted by molar-refractivity contribution is -0.139. The molecule has 1 heterocycles. The Morgan fingerprint density at radius 2 is 1.82 bits per heavy atom. The Balaban J connectivity index is 2.37. The molecule has 0 aromatic carbocycles. The van der Waals surface area contributed by atoms with E-state index in [4.69, 9.17) is 0 Å². The Hall–Kier alpha value is -0.290. The zero-order chi connectivity index (χ0) is 12.9. The van der Waals surface area contributed by atoms with Crippen molar-refractivity contribution in [1.82, 2.24) is 10.2 Å². The quantitative estimate of drug-likeness (QED) is 0.809. The third-order valence-electron chi connectivity index (χ3n) is 3.36. The Morgan fingerprint density at radius 3 is 2.29 bits per heavy atom. The molecule has 0 radical (unpaired) electrons. The molecule has 0 saturated carbocycles. The maximum atomic E-state index is 12.2. The molecule has 0 bridgehead atoms. The van der Waals surface area contributed by atoms with Crippen molar-refractivity contribution in [2.24, 2.45) is 5.92 Å². The van der Waals surface area contributed by atoms with Crippen LogP contribution >= 0.6 is 0 Å². The van der Waals surface area contributed by atoms with Gasteiger partial charge in [0.1, 0.15) is 0 Å². The second-order valence-corrected chi connectivity index (χ2v) is 5.15. The number of nitrogens with zero attached hydrogens (tertiary/aromatic N) is 1. The fraction of sp³-hybridized carbons (Fsp3) is 1.00. The molecule has 1 aliphatic heterocycles. The van der Waals surface area contributed by atoms with Crippen LogP contribution in [-0.4, -0.2) is 43.3 Å². The van der Waals surface area contributed by atoms with Crippen LogP contribution in [0.5, 0.6) is 0 Å². The second kappa shape index (κ2) is 6.59. The number of hydrogen-bond acceptors (Lipinski definition) is 2. The zero-order valence-electron chi connectivity index (χ0n) is 10.7. The topological polar surface area (TPSA) is 15.3 Å². The van der Waals surface area contributed by atoms with E-state index < -0.39 is 12.6 Å². The van der Waals surface area contributed by atoms with Crippen LogP contribution in [0.1, 0.15) is 33.1 Å². The van der Waals surface area contributed by atoms with Gasteiger partial charge in [0.15, 0.2) is 0 Å². The highest BCUT2D eigenvalue weighted by molar-refractivity contribution is 4.74. The maximum Gasteiger partial charge on any atom is 0.390 e. The summed E-state index contributed by atoms with van der Waals surface area (Å²) >= 11 is 0. The average molecular weight is 252 g/mol. The van der Waals surface area contributed by atoms with Gasteiger partial charge in [-0.2, -0.15) is 13.2 Å². The van der Waals surface area contributed by atoms with Crippen LogP contribution < -0.4 is 5.32 Å². The maximum absolute atomic E-state index is 12.2. The minimum absolute atomic E-state index is 0.130. The lowest BCUT2D eigenvalue weighted by Gasteiger charge is -2.32. The first kappa shape index (κ1) is 14.8. The summed E-state index contributed by atoms with van der Waals surface area (Å²) < 4.78 is 36.7. The molecule has 0 spiro atoms. The van der Waals surface area contributed by atoms with Gasteiger partial charge in [-0.15, -0.1) is 0 Å². The Morgan fingerprint density at radius 1 is 1.24 bits per heavy atom. The van der Waals surface area contributed by atoms with Crippen LogP contribution in [0.3, 0.4) is 0 Å². The predicted octanol–water partition coefficient (Wildman–Crippen LogP) is 2.65. The van der Waals surface area contributed by atoms with Crippen molar-refractivity contribution >= 4 is 0 Å². The van der Waals surface area contributed by atoms with Crippen LogP contribution in [0.4, 0.5) is 13.2 Å². The number of rotatable bonds is 5. The van der Waals surface area contributed by atoms with Gasteiger partial charge >= 0.3 is 6.18 Å². The van der Waals surface area contributed by atoms with Gasteiger partial charge in [0.2, 0.25) is 0 Å². The van der Waals surface area contributed by atoms with E-state index in [2.05, 4.69) is 5.32 Å². The van der Waals surface area contributed by atoms with Crippen molar-refractivity contribution in [2.45, 2.75) is 45.3 Å². The first-order valence-electron chi connectivity index (χ1n) is 6.40. The van der Waals surface area contributed by atoms with Crippen LogP contribution in [0.25, 0.3) is 0 Å². The molecule has 1 saturated heterocycles. The molecule has 1 N–H and O–H groups in total. The summed E-state index contributed by atoms with van der Waals surface area (Å²) in [5, 5.41) is 3.27. The summed E-state index contributed by atoms with van der Waals surface area (Å²) in [5.74, 6) is 0.548. The van der Waals surface area contributed by atoms with E-state index in [-0.39, 0.29) is 12.6 Å². The fourth-order valence-electron chi connectivity index (χ4n) is 2.23. The molecule has 102 valence electrons. The molecule has 0 amide bonds. The van der Waals surface area contributed by atoms with E-state index in [0.717, 1.165) is 32.5 Å². The van der Waals surface area contributed by atoms with Crippen LogP contribution in [0.2, 0.25) is 0 Å². The minimum atomic E-state index is -4.04. The highest BCUT2D eigenvalue weighted by atomic mass is 19.4. The molecule has 0 atom stereocenters. The predicted molar refractivity (Wildman–Crippen MR) is 63.0 cm³/mol. The van der Waals surface area contributed by atoms with Gasteiger partial charge in [0, 0.05) is 19.1 Å². The van der Waals surface area contributed by atoms with Crippen molar-refractivity contribution in [2.75, 3.05) is 26.2 Å². The third kappa shape index (κ3) is 6.27. The number of nitrogens with one attached hydrogen (secondary N) is 1. The SMILES string of the molecule is CC(C)N(CCC(F)(F)F)CC1CCNCC1. The second-order valence-electron chi connectivity index (χ2n) is 5.15. The molecular formula is C12H23F3N2. The van der Waals surface area contributed by atoms with Crippen molar-refractivity contribution in [3.8, 4) is 0 Å². The molecule has 17 heavy (non-hydrogen) atoms. The monoisotopic (exact) mass is 252 g/mol. The van der Waals surface area contributed by atoms with E-state index in [1.165, 1.54) is 0 Å². The molecule has 1 rings (SSSR count). The number of piperidine rings is 1. The molecule has 1 aliphatic rings. The Bertz CT molecular complexity index is 210. The average Bonchev–Trinajstić information content (AvgIpc) is 2.24. The van der Waals surface area contributed by atoms with Crippen molar-refractivity contribution < 1.29 is 13.2 Å². The van der Waals surface area contributed by atoms with Crippen LogP contribution in [0.15, 0.2) is 0 Å². The van der Waals surface area contributed by atoms with Crippen LogP contribution in [-0.2, 0) is 0 Å². The van der Waals surface area contributed by atoms with E-state index in [1.54, 1.807) is 0 Å². The minimum Gasteiger partial charge on any atom is -0.317 e. The number of alkyl halides is 3. The number of hydrogen-bond donors (Lipinski definition) is 1. The first-order valence-corrected chi connectivity index (χ1v) is 6.40. The van der Waals surface area contributed by atoms with E-state index in [1.807, 2.05) is 18.7 Å². The van der Waals surface area contributed by atoms with Gasteiger partial charge in [-0.3, -0.25) is 0 Å². The largest absolute Gasteiger partial charge is 0.390 e. The smallest absolute Gasteiger partial charge is 0.317 e. The van der Waals surface area contributed by atoms with E-state index in [0.29, 0.717) is 5.92 Å². The van der Waals surface area contributed by atoms with Crippen molar-refractivity contribution in [1.29, 1.82) is 0 Å². The standard InChI is InChI=1S/C12H23F3N2/c1-10(2)17(8-5-12(13,14)15)9-11-3-6-16-7-4-11/h10-11,16H,3-9H2,1-2H3. The Kier molecular flexibility index (Phi) is 5.73. The molecule has 5 heteroatoms. The summed E-state index contributed by atoms with van der Waals surface area (Å²) in [7, 11) is 0. The molecule has 0 aromatic heterocycles. The van der Waals surface area contributed by atoms with Gasteiger partial charge in [0.25, 0.3) is 0 Å². The Labute approximate surface area is 102 Å². The summed E-state index contributed by atoms with van der Waals surface area (Å²) in [6.07, 6.45) is -2.58. The summed E-state index contributed by atoms with van der Waals surface area (Å²) in [6.45, 7) is 6.86. The summed E-state index contributed by atoms with van der Waals surface area (Å²) in [6, 6.07) is 0.187. The lowest BCUT2D eigenvalue weighted by Crippen LogP contribution is -2.40. The van der Waals surface area contributed by atoms with Gasteiger partial charge in [-0.25, -0.2) is 0 Å². The molecule has 0 unspecified atom stereocenters. The van der Waals surface area contributed by atoms with Crippen LogP contribution in [0, 0.1) is 5.92 Å². The van der Waals surface area contributed by atoms with E-state index in [9.17, 15) is 13.2 Å². The summed E-state index contributed by atoms with van der Waals surface area (Å²) in [5.41, 5.74) is 0. The van der Waals surface area contributed by atoms with Gasteiger partial charge in [-0.1, -0.05) is 0 Å². The zero-order valence-corrected chi connectivity index (χ0v) is 10.7. The highest BCUT2D eigenvalue weighted by Crippen LogP contribution is 2.22.